The molecule has 0 fully saturated rings. The molecule has 0 amide bonds. The summed E-state index contributed by atoms with van der Waals surface area (Å²) in [6.45, 7) is 1.47. The van der Waals surface area contributed by atoms with Gasteiger partial charge in [0.2, 0.25) is 0 Å². The van der Waals surface area contributed by atoms with Crippen molar-refractivity contribution in [3.8, 4) is 0 Å². The van der Waals surface area contributed by atoms with Crippen LogP contribution >= 0.6 is 34.8 Å². The second-order valence-corrected chi connectivity index (χ2v) is 3.93. The van der Waals surface area contributed by atoms with Crippen molar-refractivity contribution in [2.75, 3.05) is 0 Å². The van der Waals surface area contributed by atoms with Gasteiger partial charge in [0.15, 0.2) is 5.78 Å². The average Bonchev–Trinajstić information content (AvgIpc) is 2.10. The number of rotatable bonds is 2. The molecule has 0 N–H and O–H groups in total. The molecule has 74 valence electrons. The normalized spacial score (nSPS) is 10.9. The predicted octanol–water partition coefficient (Wildman–Crippen LogP) is 4.25. The third-order valence-electron chi connectivity index (χ3n) is 1.52. The summed E-state index contributed by atoms with van der Waals surface area (Å²) >= 11 is 17.4. The molecule has 1 aromatic carbocycles. The van der Waals surface area contributed by atoms with Gasteiger partial charge in [-0.2, -0.15) is 0 Å². The molecule has 0 saturated heterocycles. The van der Waals surface area contributed by atoms with Crippen molar-refractivity contribution in [2.24, 2.45) is 0 Å². The highest BCUT2D eigenvalue weighted by atomic mass is 35.5. The van der Waals surface area contributed by atoms with E-state index >= 15 is 0 Å². The van der Waals surface area contributed by atoms with E-state index in [1.807, 2.05) is 0 Å². The van der Waals surface area contributed by atoms with Gasteiger partial charge in [-0.25, -0.2) is 0 Å². The Hall–Kier alpha value is -0.500. The van der Waals surface area contributed by atoms with Crippen LogP contribution < -0.4 is 0 Å². The molecule has 1 aromatic rings. The first kappa shape index (κ1) is 11.6. The van der Waals surface area contributed by atoms with E-state index in [9.17, 15) is 4.79 Å². The molecule has 0 radical (unpaired) electrons. The molecular weight excluding hydrogens is 242 g/mol. The summed E-state index contributed by atoms with van der Waals surface area (Å²) in [6.07, 6.45) is 3.08. The zero-order chi connectivity index (χ0) is 10.7. The summed E-state index contributed by atoms with van der Waals surface area (Å²) in [5.41, 5.74) is 0.750. The van der Waals surface area contributed by atoms with Crippen LogP contribution in [0.2, 0.25) is 15.1 Å². The Morgan fingerprint density at radius 2 is 1.71 bits per heavy atom. The zero-order valence-electron chi connectivity index (χ0n) is 7.35. The SMILES string of the molecule is CC(=O)/C=C/c1cc(Cl)c(Cl)c(Cl)c1. The molecule has 0 spiro atoms. The van der Waals surface area contributed by atoms with Crippen LogP contribution in [-0.4, -0.2) is 5.78 Å². The van der Waals surface area contributed by atoms with E-state index < -0.39 is 0 Å². The molecule has 14 heavy (non-hydrogen) atoms. The Kier molecular flexibility index (Phi) is 3.99. The number of ketones is 1. The minimum atomic E-state index is -0.0350. The summed E-state index contributed by atoms with van der Waals surface area (Å²) in [5.74, 6) is -0.0350. The van der Waals surface area contributed by atoms with Crippen molar-refractivity contribution >= 4 is 46.7 Å². The molecule has 4 heteroatoms. The lowest BCUT2D eigenvalue weighted by Gasteiger charge is -2.00. The van der Waals surface area contributed by atoms with E-state index in [2.05, 4.69) is 0 Å². The highest BCUT2D eigenvalue weighted by Gasteiger charge is 2.03. The highest BCUT2D eigenvalue weighted by Crippen LogP contribution is 2.31. The van der Waals surface area contributed by atoms with Gasteiger partial charge < -0.3 is 0 Å². The monoisotopic (exact) mass is 248 g/mol. The lowest BCUT2D eigenvalue weighted by Crippen LogP contribution is -1.81. The number of halogens is 3. The lowest BCUT2D eigenvalue weighted by molar-refractivity contribution is -0.112. The quantitative estimate of drug-likeness (QED) is 0.566. The third-order valence-corrected chi connectivity index (χ3v) is 2.71. The predicted molar refractivity (Wildman–Crippen MR) is 61.2 cm³/mol. The number of carbonyl (C=O) groups excluding carboxylic acids is 1. The van der Waals surface area contributed by atoms with Crippen molar-refractivity contribution in [1.82, 2.24) is 0 Å². The lowest BCUT2D eigenvalue weighted by atomic mass is 10.2. The van der Waals surface area contributed by atoms with E-state index in [1.165, 1.54) is 13.0 Å². The van der Waals surface area contributed by atoms with Crippen LogP contribution in [0, 0.1) is 0 Å². The standard InChI is InChI=1S/C10H7Cl3O/c1-6(14)2-3-7-4-8(11)10(13)9(12)5-7/h2-5H,1H3/b3-2+. The second kappa shape index (κ2) is 4.83. The van der Waals surface area contributed by atoms with Crippen LogP contribution in [0.25, 0.3) is 6.08 Å². The van der Waals surface area contributed by atoms with Gasteiger partial charge in [-0.3, -0.25) is 4.79 Å². The summed E-state index contributed by atoms with van der Waals surface area (Å²) in [5, 5.41) is 1.08. The molecule has 0 atom stereocenters. The molecule has 0 aliphatic carbocycles. The maximum atomic E-state index is 10.7. The van der Waals surface area contributed by atoms with E-state index in [1.54, 1.807) is 18.2 Å². The first-order chi connectivity index (χ1) is 6.50. The van der Waals surface area contributed by atoms with Crippen LogP contribution in [0.3, 0.4) is 0 Å². The number of hydrogen-bond donors (Lipinski definition) is 0. The van der Waals surface area contributed by atoms with Gasteiger partial charge in [-0.05, 0) is 30.7 Å². The van der Waals surface area contributed by atoms with E-state index in [0.717, 1.165) is 5.56 Å². The van der Waals surface area contributed by atoms with Crippen molar-refractivity contribution in [2.45, 2.75) is 6.92 Å². The van der Waals surface area contributed by atoms with Gasteiger partial charge in [0, 0.05) is 0 Å². The summed E-state index contributed by atoms with van der Waals surface area (Å²) in [4.78, 5) is 10.7. The van der Waals surface area contributed by atoms with Crippen molar-refractivity contribution in [3.05, 3.63) is 38.8 Å². The molecule has 0 heterocycles. The minimum Gasteiger partial charge on any atom is -0.295 e. The van der Waals surface area contributed by atoms with Crippen molar-refractivity contribution < 1.29 is 4.79 Å². The van der Waals surface area contributed by atoms with Gasteiger partial charge in [0.1, 0.15) is 0 Å². The number of carbonyl (C=O) groups is 1. The van der Waals surface area contributed by atoms with Gasteiger partial charge in [0.05, 0.1) is 15.1 Å². The summed E-state index contributed by atoms with van der Waals surface area (Å²) in [7, 11) is 0. The summed E-state index contributed by atoms with van der Waals surface area (Å²) in [6, 6.07) is 3.30. The third kappa shape index (κ3) is 3.02. The topological polar surface area (TPSA) is 17.1 Å². The maximum Gasteiger partial charge on any atom is 0.152 e. The van der Waals surface area contributed by atoms with Crippen LogP contribution in [-0.2, 0) is 4.79 Å². The molecule has 1 nitrogen and oxygen atoms in total. The molecule has 0 saturated carbocycles. The molecule has 0 unspecified atom stereocenters. The van der Waals surface area contributed by atoms with Crippen LogP contribution in [0.15, 0.2) is 18.2 Å². The summed E-state index contributed by atoms with van der Waals surface area (Å²) < 4.78 is 0. The zero-order valence-corrected chi connectivity index (χ0v) is 9.62. The molecule has 0 bridgehead atoms. The smallest absolute Gasteiger partial charge is 0.152 e. The number of benzene rings is 1. The highest BCUT2D eigenvalue weighted by molar-refractivity contribution is 6.48. The molecule has 0 aromatic heterocycles. The molecular formula is C10H7Cl3O. The van der Waals surface area contributed by atoms with E-state index in [0.29, 0.717) is 15.1 Å². The van der Waals surface area contributed by atoms with Gasteiger partial charge in [-0.15, -0.1) is 0 Å². The number of hydrogen-bond acceptors (Lipinski definition) is 1. The molecule has 1 rings (SSSR count). The second-order valence-electron chi connectivity index (χ2n) is 2.74. The van der Waals surface area contributed by atoms with Crippen LogP contribution in [0.1, 0.15) is 12.5 Å². The Morgan fingerprint density at radius 3 is 2.14 bits per heavy atom. The Balaban J connectivity index is 3.07. The van der Waals surface area contributed by atoms with Gasteiger partial charge in [-0.1, -0.05) is 40.9 Å². The number of allylic oxidation sites excluding steroid dienone is 1. The Labute approximate surface area is 97.3 Å². The minimum absolute atomic E-state index is 0.0350. The largest absolute Gasteiger partial charge is 0.295 e. The average molecular weight is 250 g/mol. The first-order valence-electron chi connectivity index (χ1n) is 3.84. The van der Waals surface area contributed by atoms with Crippen LogP contribution in [0.5, 0.6) is 0 Å². The van der Waals surface area contributed by atoms with Crippen molar-refractivity contribution in [3.63, 3.8) is 0 Å². The first-order valence-corrected chi connectivity index (χ1v) is 4.97. The van der Waals surface area contributed by atoms with Gasteiger partial charge in [0.25, 0.3) is 0 Å². The maximum absolute atomic E-state index is 10.7. The fraction of sp³-hybridized carbons (Fsp3) is 0.100. The van der Waals surface area contributed by atoms with Crippen molar-refractivity contribution in [1.29, 1.82) is 0 Å². The molecule has 0 aliphatic rings. The fourth-order valence-electron chi connectivity index (χ4n) is 0.885. The van der Waals surface area contributed by atoms with Crippen LogP contribution in [0.4, 0.5) is 0 Å². The fourth-order valence-corrected chi connectivity index (χ4v) is 1.50. The van der Waals surface area contributed by atoms with E-state index in [-0.39, 0.29) is 5.78 Å². The van der Waals surface area contributed by atoms with Gasteiger partial charge >= 0.3 is 0 Å². The Bertz CT molecular complexity index is 373. The van der Waals surface area contributed by atoms with E-state index in [4.69, 9.17) is 34.8 Å². The Morgan fingerprint density at radius 1 is 1.21 bits per heavy atom. The molecule has 0 aliphatic heterocycles.